The third-order valence-electron chi connectivity index (χ3n) is 2.39. The average molecular weight is 272 g/mol. The molecule has 98 valence electrons. The summed E-state index contributed by atoms with van der Waals surface area (Å²) in [5.74, 6) is -1.54. The van der Waals surface area contributed by atoms with Crippen LogP contribution in [0.1, 0.15) is 23.2 Å². The Hall–Kier alpha value is -1.80. The summed E-state index contributed by atoms with van der Waals surface area (Å²) in [6, 6.07) is 3.29. The van der Waals surface area contributed by atoms with E-state index in [4.69, 9.17) is 5.11 Å². The fourth-order valence-corrected chi connectivity index (χ4v) is 2.53. The number of rotatable bonds is 5. The van der Waals surface area contributed by atoms with Gasteiger partial charge in [0.1, 0.15) is 5.75 Å². The molecule has 0 aliphatic heterocycles. The fraction of sp³-hybridized carbons (Fsp3) is 0.300. The quantitative estimate of drug-likeness (QED) is 0.582. The van der Waals surface area contributed by atoms with E-state index in [1.807, 2.05) is 0 Å². The zero-order valence-electron chi connectivity index (χ0n) is 9.25. The largest absolute Gasteiger partial charge is 0.506 e. The standard InChI is InChI=1S/C10H12N2O5S/c13-9-4-1-6(10(14)15)5-8(9)12-18(16,17)11-7-2-3-7/h1,4-5,7,11-13H,2-3H2,(H,14,15). The number of phenolic OH excluding ortho intramolecular Hbond substituents is 1. The summed E-state index contributed by atoms with van der Waals surface area (Å²) in [5, 5.41) is 18.3. The molecule has 0 saturated heterocycles. The van der Waals surface area contributed by atoms with Gasteiger partial charge in [0.2, 0.25) is 0 Å². The molecule has 18 heavy (non-hydrogen) atoms. The highest BCUT2D eigenvalue weighted by molar-refractivity contribution is 7.90. The van der Waals surface area contributed by atoms with E-state index in [2.05, 4.69) is 9.44 Å². The van der Waals surface area contributed by atoms with Gasteiger partial charge in [0.25, 0.3) is 10.2 Å². The van der Waals surface area contributed by atoms with Crippen molar-refractivity contribution in [1.29, 1.82) is 0 Å². The van der Waals surface area contributed by atoms with E-state index in [0.29, 0.717) is 0 Å². The van der Waals surface area contributed by atoms with Gasteiger partial charge in [0.15, 0.2) is 0 Å². The molecule has 0 heterocycles. The van der Waals surface area contributed by atoms with Crippen LogP contribution in [0.2, 0.25) is 0 Å². The number of hydrogen-bond donors (Lipinski definition) is 4. The number of aromatic carboxylic acids is 1. The highest BCUT2D eigenvalue weighted by Gasteiger charge is 2.27. The monoisotopic (exact) mass is 272 g/mol. The average Bonchev–Trinajstić information content (AvgIpc) is 3.03. The van der Waals surface area contributed by atoms with E-state index in [1.165, 1.54) is 6.07 Å². The number of carboxylic acid groups (broad SMARTS) is 1. The first-order valence-electron chi connectivity index (χ1n) is 5.24. The van der Waals surface area contributed by atoms with Gasteiger partial charge in [0, 0.05) is 6.04 Å². The molecule has 0 unspecified atom stereocenters. The zero-order valence-corrected chi connectivity index (χ0v) is 10.1. The van der Waals surface area contributed by atoms with Crippen LogP contribution < -0.4 is 9.44 Å². The second-order valence-corrected chi connectivity index (χ2v) is 5.48. The molecule has 1 aromatic rings. The normalized spacial score (nSPS) is 15.3. The van der Waals surface area contributed by atoms with E-state index in [9.17, 15) is 18.3 Å². The molecule has 4 N–H and O–H groups in total. The van der Waals surface area contributed by atoms with Crippen LogP contribution in [0.4, 0.5) is 5.69 Å². The van der Waals surface area contributed by atoms with Crippen molar-refractivity contribution < 1.29 is 23.4 Å². The molecule has 1 aromatic carbocycles. The number of anilines is 1. The summed E-state index contributed by atoms with van der Waals surface area (Å²) in [5.41, 5.74) is -0.278. The zero-order chi connectivity index (χ0) is 13.3. The summed E-state index contributed by atoms with van der Waals surface area (Å²) in [7, 11) is -3.79. The number of carbonyl (C=O) groups is 1. The Kier molecular flexibility index (Phi) is 3.14. The van der Waals surface area contributed by atoms with E-state index < -0.39 is 16.2 Å². The van der Waals surface area contributed by atoms with E-state index in [1.54, 1.807) is 0 Å². The Balaban J connectivity index is 2.21. The van der Waals surface area contributed by atoms with Crippen LogP contribution in [-0.2, 0) is 10.2 Å². The third kappa shape index (κ3) is 3.11. The lowest BCUT2D eigenvalue weighted by Gasteiger charge is -2.10. The summed E-state index contributed by atoms with van der Waals surface area (Å²) >= 11 is 0. The number of phenols is 1. The topological polar surface area (TPSA) is 116 Å². The Labute approximate surface area is 104 Å². The minimum Gasteiger partial charge on any atom is -0.506 e. The predicted octanol–water partition coefficient (Wildman–Crippen LogP) is 0.499. The smallest absolute Gasteiger partial charge is 0.335 e. The Morgan fingerprint density at radius 2 is 2.00 bits per heavy atom. The maximum absolute atomic E-state index is 11.6. The van der Waals surface area contributed by atoms with Crippen molar-refractivity contribution in [2.75, 3.05) is 4.72 Å². The molecule has 1 fully saturated rings. The van der Waals surface area contributed by atoms with Crippen molar-refractivity contribution in [3.8, 4) is 5.75 Å². The number of aromatic hydroxyl groups is 1. The van der Waals surface area contributed by atoms with E-state index >= 15 is 0 Å². The minimum absolute atomic E-state index is 0.0766. The molecule has 0 amide bonds. The Bertz CT molecular complexity index is 580. The molecule has 1 saturated carbocycles. The predicted molar refractivity (Wildman–Crippen MR) is 63.8 cm³/mol. The second kappa shape index (κ2) is 4.46. The molecule has 0 atom stereocenters. The third-order valence-corrected chi connectivity index (χ3v) is 3.52. The SMILES string of the molecule is O=C(O)c1ccc(O)c(NS(=O)(=O)NC2CC2)c1. The second-order valence-electron chi connectivity index (χ2n) is 4.03. The summed E-state index contributed by atoms with van der Waals surface area (Å²) in [6.45, 7) is 0. The molecule has 7 nitrogen and oxygen atoms in total. The van der Waals surface area contributed by atoms with Gasteiger partial charge in [0.05, 0.1) is 11.3 Å². The lowest BCUT2D eigenvalue weighted by atomic mass is 10.2. The molecule has 8 heteroatoms. The van der Waals surface area contributed by atoms with Gasteiger partial charge in [-0.1, -0.05) is 0 Å². The summed E-state index contributed by atoms with van der Waals surface area (Å²) in [6.07, 6.45) is 1.56. The number of nitrogens with one attached hydrogen (secondary N) is 2. The molecule has 1 aliphatic rings. The lowest BCUT2D eigenvalue weighted by molar-refractivity contribution is 0.0697. The highest BCUT2D eigenvalue weighted by Crippen LogP contribution is 2.26. The number of carboxylic acids is 1. The first-order chi connectivity index (χ1) is 8.37. The molecule has 0 spiro atoms. The van der Waals surface area contributed by atoms with Crippen molar-refractivity contribution in [1.82, 2.24) is 4.72 Å². The van der Waals surface area contributed by atoms with E-state index in [0.717, 1.165) is 25.0 Å². The molecule has 2 rings (SSSR count). The molecule has 1 aliphatic carbocycles. The Morgan fingerprint density at radius 3 is 2.56 bits per heavy atom. The van der Waals surface area contributed by atoms with Gasteiger partial charge >= 0.3 is 5.97 Å². The van der Waals surface area contributed by atoms with Crippen LogP contribution in [0, 0.1) is 0 Å². The van der Waals surface area contributed by atoms with Gasteiger partial charge < -0.3 is 10.2 Å². The first-order valence-corrected chi connectivity index (χ1v) is 6.72. The maximum atomic E-state index is 11.6. The van der Waals surface area contributed by atoms with Crippen molar-refractivity contribution in [3.05, 3.63) is 23.8 Å². The molecule has 0 aromatic heterocycles. The van der Waals surface area contributed by atoms with Crippen LogP contribution in [0.15, 0.2) is 18.2 Å². The molecule has 0 bridgehead atoms. The fourth-order valence-electron chi connectivity index (χ4n) is 1.35. The maximum Gasteiger partial charge on any atom is 0.335 e. The van der Waals surface area contributed by atoms with Gasteiger partial charge in [-0.2, -0.15) is 13.1 Å². The summed E-state index contributed by atoms with van der Waals surface area (Å²) < 4.78 is 27.7. The van der Waals surface area contributed by atoms with Crippen molar-refractivity contribution in [2.45, 2.75) is 18.9 Å². The van der Waals surface area contributed by atoms with Crippen LogP contribution >= 0.6 is 0 Å². The Morgan fingerprint density at radius 1 is 1.33 bits per heavy atom. The van der Waals surface area contributed by atoms with Crippen LogP contribution in [0.3, 0.4) is 0 Å². The van der Waals surface area contributed by atoms with Crippen molar-refractivity contribution >= 4 is 21.9 Å². The number of benzene rings is 1. The molecular weight excluding hydrogens is 260 g/mol. The van der Waals surface area contributed by atoms with Crippen molar-refractivity contribution in [2.24, 2.45) is 0 Å². The van der Waals surface area contributed by atoms with Crippen LogP contribution in [0.25, 0.3) is 0 Å². The van der Waals surface area contributed by atoms with Crippen LogP contribution in [0.5, 0.6) is 5.75 Å². The highest BCUT2D eigenvalue weighted by atomic mass is 32.2. The number of hydrogen-bond acceptors (Lipinski definition) is 4. The lowest BCUT2D eigenvalue weighted by Crippen LogP contribution is -2.31. The summed E-state index contributed by atoms with van der Waals surface area (Å²) in [4.78, 5) is 10.7. The minimum atomic E-state index is -3.79. The van der Waals surface area contributed by atoms with Crippen LogP contribution in [-0.4, -0.2) is 30.6 Å². The van der Waals surface area contributed by atoms with Gasteiger partial charge in [-0.15, -0.1) is 0 Å². The molecular formula is C10H12N2O5S. The van der Waals surface area contributed by atoms with Crippen molar-refractivity contribution in [3.63, 3.8) is 0 Å². The first kappa shape index (κ1) is 12.7. The van der Waals surface area contributed by atoms with E-state index in [-0.39, 0.29) is 23.0 Å². The van der Waals surface area contributed by atoms with Gasteiger partial charge in [-0.3, -0.25) is 4.72 Å². The molecule has 0 radical (unpaired) electrons. The van der Waals surface area contributed by atoms with Gasteiger partial charge in [-0.25, -0.2) is 4.79 Å². The van der Waals surface area contributed by atoms with Gasteiger partial charge in [-0.05, 0) is 31.0 Å².